The standard InChI is InChI=1S/15H2O4S/c15*1-5(2,3)4/h15*(H2,1,2,3,4). The second kappa shape index (κ2) is 46.9. The minimum atomic E-state index is -4.67. The fourth-order valence-electron chi connectivity index (χ4n) is 0. The quantitative estimate of drug-likeness (QED) is 0.100. The van der Waals surface area contributed by atoms with Gasteiger partial charge in [-0.15, -0.1) is 0 Å². The zero-order valence-electron chi connectivity index (χ0n) is 31.8. The van der Waals surface area contributed by atoms with Crippen LogP contribution in [-0.2, 0) is 156 Å². The van der Waals surface area contributed by atoms with E-state index in [1.165, 1.54) is 0 Å². The normalized spacial score (nSPS) is 11.6. The van der Waals surface area contributed by atoms with Crippen molar-refractivity contribution in [1.82, 2.24) is 0 Å². The van der Waals surface area contributed by atoms with Gasteiger partial charge >= 0.3 is 156 Å². The molecule has 0 bridgehead atoms. The summed E-state index contributed by atoms with van der Waals surface area (Å²) in [4.78, 5) is 0. The van der Waals surface area contributed by atoms with E-state index in [0.717, 1.165) is 0 Å². The summed E-state index contributed by atoms with van der Waals surface area (Å²) >= 11 is 0. The van der Waals surface area contributed by atoms with Crippen LogP contribution in [0.25, 0.3) is 0 Å². The molecule has 0 spiro atoms. The molecule has 0 aromatic rings. The Morgan fingerprint density at radius 1 is 0.0800 bits per heavy atom. The van der Waals surface area contributed by atoms with Gasteiger partial charge in [0.2, 0.25) is 0 Å². The SMILES string of the molecule is O=S(=O)(O)O.O=S(=O)(O)O.O=S(=O)(O)O.O=S(=O)(O)O.O=S(=O)(O)O.O=S(=O)(O)O.O=S(=O)(O)O.O=S(=O)(O)O.O=S(=O)(O)O.O=S(=O)(O)O.O=S(=O)(O)O.O=S(=O)(O)O.O=S(=O)(O)O.O=S(=O)(O)O.O=S(=O)(O)O. The first kappa shape index (κ1) is 113. The molecule has 0 aliphatic heterocycles. The lowest BCUT2D eigenvalue weighted by molar-refractivity contribution is 0.378. The maximum atomic E-state index is 8.74. The Morgan fingerprint density at radius 3 is 0.0800 bits per heavy atom. The van der Waals surface area contributed by atoms with Gasteiger partial charge in [0.25, 0.3) is 0 Å². The van der Waals surface area contributed by atoms with Gasteiger partial charge in [0.15, 0.2) is 0 Å². The number of hydrogen-bond donors (Lipinski definition) is 30. The third-order valence-corrected chi connectivity index (χ3v) is 0. The van der Waals surface area contributed by atoms with E-state index in [1.54, 1.807) is 0 Å². The maximum absolute atomic E-state index is 8.74. The Hall–Kier alpha value is -1.95. The van der Waals surface area contributed by atoms with Gasteiger partial charge in [-0.25, -0.2) is 0 Å². The van der Waals surface area contributed by atoms with Gasteiger partial charge in [0.05, 0.1) is 0 Å². The predicted octanol–water partition coefficient (Wildman–Crippen LogP) is -9.79. The monoisotopic (exact) mass is 1470 g/mol. The highest BCUT2D eigenvalue weighted by molar-refractivity contribution is 7.82. The molecular weight excluding hydrogens is 1440 g/mol. The van der Waals surface area contributed by atoms with Crippen LogP contribution in [-0.4, -0.2) is 263 Å². The Labute approximate surface area is 416 Å². The third-order valence-electron chi connectivity index (χ3n) is 0. The molecule has 0 aromatic carbocycles. The molecule has 75 heteroatoms. The molecule has 0 fully saturated rings. The summed E-state index contributed by atoms with van der Waals surface area (Å²) in [6, 6.07) is 0. The van der Waals surface area contributed by atoms with Crippen molar-refractivity contribution in [2.75, 3.05) is 0 Å². The molecule has 0 unspecified atom stereocenters. The van der Waals surface area contributed by atoms with Gasteiger partial charge < -0.3 is 0 Å². The van der Waals surface area contributed by atoms with E-state index in [1.807, 2.05) is 0 Å². The molecular formula is H30O60S15. The second-order valence-electron chi connectivity index (χ2n) is 6.72. The van der Waals surface area contributed by atoms with E-state index >= 15 is 0 Å². The van der Waals surface area contributed by atoms with Crippen LogP contribution in [0.3, 0.4) is 0 Å². The second-order valence-corrected chi connectivity index (χ2v) is 20.2. The summed E-state index contributed by atoms with van der Waals surface area (Å²) in [7, 11) is -70.0. The molecule has 480 valence electrons. The maximum Gasteiger partial charge on any atom is 0.394 e. The van der Waals surface area contributed by atoms with Gasteiger partial charge in [-0.05, 0) is 0 Å². The van der Waals surface area contributed by atoms with Crippen LogP contribution in [0, 0.1) is 0 Å². The van der Waals surface area contributed by atoms with Crippen molar-refractivity contribution in [3.8, 4) is 0 Å². The molecule has 0 heterocycles. The first-order valence-electron chi connectivity index (χ1n) is 10.5. The lowest BCUT2D eigenvalue weighted by Gasteiger charge is -1.68. The Bertz CT molecular complexity index is 2180. The van der Waals surface area contributed by atoms with Crippen LogP contribution in [0.2, 0.25) is 0 Å². The molecule has 30 N–H and O–H groups in total. The Kier molecular flexibility index (Phi) is 70.4. The summed E-state index contributed by atoms with van der Waals surface area (Å²) in [5.74, 6) is 0. The fraction of sp³-hybridized carbons (Fsp3) is 0. The summed E-state index contributed by atoms with van der Waals surface area (Å²) in [5.41, 5.74) is 0. The van der Waals surface area contributed by atoms with Crippen LogP contribution in [0.1, 0.15) is 0 Å². The highest BCUT2D eigenvalue weighted by atomic mass is 32.3. The van der Waals surface area contributed by atoms with Gasteiger partial charge in [0, 0.05) is 0 Å². The highest BCUT2D eigenvalue weighted by Gasteiger charge is 1.90. The predicted molar refractivity (Wildman–Crippen MR) is 213 cm³/mol. The first-order valence-corrected chi connectivity index (χ1v) is 31.4. The molecule has 0 radical (unpaired) electrons. The molecule has 0 aliphatic rings. The largest absolute Gasteiger partial charge is 0.394 e. The van der Waals surface area contributed by atoms with Crippen molar-refractivity contribution in [3.63, 3.8) is 0 Å². The van der Waals surface area contributed by atoms with E-state index in [-0.39, 0.29) is 0 Å². The van der Waals surface area contributed by atoms with Crippen molar-refractivity contribution in [1.29, 1.82) is 0 Å². The number of hydrogen-bond acceptors (Lipinski definition) is 30. The van der Waals surface area contributed by atoms with Gasteiger partial charge in [-0.3, -0.25) is 137 Å². The molecule has 0 saturated carbocycles. The van der Waals surface area contributed by atoms with Crippen molar-refractivity contribution in [2.24, 2.45) is 0 Å². The van der Waals surface area contributed by atoms with E-state index in [2.05, 4.69) is 0 Å². The van der Waals surface area contributed by atoms with Crippen LogP contribution in [0.4, 0.5) is 0 Å². The zero-order valence-corrected chi connectivity index (χ0v) is 44.0. The summed E-state index contributed by atoms with van der Waals surface area (Å²) in [5, 5.41) is 0. The Balaban J connectivity index is -0.0000000396. The van der Waals surface area contributed by atoms with Gasteiger partial charge in [-0.1, -0.05) is 0 Å². The third kappa shape index (κ3) is 93000. The highest BCUT2D eigenvalue weighted by Crippen LogP contribution is 1.65. The lowest BCUT2D eigenvalue weighted by atomic mass is 15.8. The van der Waals surface area contributed by atoms with Crippen LogP contribution in [0.5, 0.6) is 0 Å². The first-order chi connectivity index (χ1) is 30.0. The fourth-order valence-corrected chi connectivity index (χ4v) is 0. The molecule has 0 atom stereocenters. The number of rotatable bonds is 0. The lowest BCUT2D eigenvalue weighted by Crippen LogP contribution is -1.89. The molecule has 0 aromatic heterocycles. The van der Waals surface area contributed by atoms with Crippen molar-refractivity contribution >= 4 is 156 Å². The van der Waals surface area contributed by atoms with Crippen LogP contribution >= 0.6 is 0 Å². The summed E-state index contributed by atoms with van der Waals surface area (Å²) < 4.78 is 474. The van der Waals surface area contributed by atoms with Gasteiger partial charge in [0.1, 0.15) is 0 Å². The smallest absolute Gasteiger partial charge is 0.264 e. The molecule has 60 nitrogen and oxygen atoms in total. The molecule has 0 rings (SSSR count). The van der Waals surface area contributed by atoms with Crippen molar-refractivity contribution < 1.29 is 263 Å². The van der Waals surface area contributed by atoms with Crippen molar-refractivity contribution in [3.05, 3.63) is 0 Å². The summed E-state index contributed by atoms with van der Waals surface area (Å²) in [6.45, 7) is 0. The Morgan fingerprint density at radius 2 is 0.0800 bits per heavy atom. The molecule has 0 aliphatic carbocycles. The minimum absolute atomic E-state index is 4.67. The molecule has 75 heavy (non-hydrogen) atoms. The average Bonchev–Trinajstić information content (AvgIpc) is 2.65. The zero-order chi connectivity index (χ0) is 67.5. The van der Waals surface area contributed by atoms with E-state index in [0.29, 0.717) is 0 Å². The summed E-state index contributed by atoms with van der Waals surface area (Å²) in [6.07, 6.45) is 0. The minimum Gasteiger partial charge on any atom is -0.264 e. The van der Waals surface area contributed by atoms with E-state index in [4.69, 9.17) is 263 Å². The van der Waals surface area contributed by atoms with Crippen LogP contribution in [0.15, 0.2) is 0 Å². The van der Waals surface area contributed by atoms with E-state index in [9.17, 15) is 0 Å². The van der Waals surface area contributed by atoms with Crippen LogP contribution < -0.4 is 0 Å². The molecule has 0 amide bonds. The van der Waals surface area contributed by atoms with Crippen molar-refractivity contribution in [2.45, 2.75) is 0 Å². The van der Waals surface area contributed by atoms with E-state index < -0.39 is 156 Å². The topological polar surface area (TPSA) is 1120 Å². The van der Waals surface area contributed by atoms with Gasteiger partial charge in [-0.2, -0.15) is 126 Å². The average molecular weight is 1470 g/mol. The molecule has 0 saturated heterocycles.